The summed E-state index contributed by atoms with van der Waals surface area (Å²) in [6.45, 7) is 14.2. The fourth-order valence-corrected chi connectivity index (χ4v) is 2.54. The smallest absolute Gasteiger partial charge is 0.211 e. The van der Waals surface area contributed by atoms with Crippen molar-refractivity contribution in [3.63, 3.8) is 0 Å². The van der Waals surface area contributed by atoms with Gasteiger partial charge in [-0.3, -0.25) is 4.90 Å². The zero-order valence-electron chi connectivity index (χ0n) is 15.8. The lowest BCUT2D eigenvalue weighted by atomic mass is 10.2. The molecule has 0 aliphatic carbocycles. The summed E-state index contributed by atoms with van der Waals surface area (Å²) in [4.78, 5) is 2.37. The number of morpholine rings is 1. The van der Waals surface area contributed by atoms with Crippen LogP contribution in [0.2, 0.25) is 0 Å². The van der Waals surface area contributed by atoms with Crippen LogP contribution in [-0.2, 0) is 14.8 Å². The molecule has 136 valence electrons. The van der Waals surface area contributed by atoms with Gasteiger partial charge in [-0.1, -0.05) is 47.5 Å². The molecular formula is C16H38N2O3S. The number of sulfonamides is 1. The summed E-state index contributed by atoms with van der Waals surface area (Å²) < 4.78 is 29.7. The Balaban J connectivity index is 0. The van der Waals surface area contributed by atoms with E-state index in [0.29, 0.717) is 13.2 Å². The molecule has 0 spiro atoms. The molecule has 1 unspecified atom stereocenters. The summed E-state index contributed by atoms with van der Waals surface area (Å²) in [7, 11) is -1.50. The fourth-order valence-electron chi connectivity index (χ4n) is 2.10. The molecule has 1 saturated heterocycles. The molecule has 1 rings (SSSR count). The second-order valence-electron chi connectivity index (χ2n) is 5.04. The Kier molecular flexibility index (Phi) is 15.8. The van der Waals surface area contributed by atoms with Crippen molar-refractivity contribution in [1.29, 1.82) is 0 Å². The summed E-state index contributed by atoms with van der Waals surface area (Å²) >= 11 is 0. The Morgan fingerprint density at radius 3 is 2.27 bits per heavy atom. The van der Waals surface area contributed by atoms with Gasteiger partial charge >= 0.3 is 0 Å². The number of unbranched alkanes of at least 4 members (excludes halogenated alkanes) is 2. The van der Waals surface area contributed by atoms with Crippen molar-refractivity contribution in [1.82, 2.24) is 9.21 Å². The largest absolute Gasteiger partial charge is 0.374 e. The van der Waals surface area contributed by atoms with Crippen molar-refractivity contribution in [2.75, 3.05) is 46.1 Å². The van der Waals surface area contributed by atoms with Gasteiger partial charge in [0.15, 0.2) is 0 Å². The van der Waals surface area contributed by atoms with E-state index < -0.39 is 10.0 Å². The molecule has 0 aromatic heterocycles. The number of likely N-dealkylation sites (N-methyl/N-ethyl adjacent to an activating group) is 1. The van der Waals surface area contributed by atoms with E-state index in [4.69, 9.17) is 4.74 Å². The van der Waals surface area contributed by atoms with Gasteiger partial charge < -0.3 is 4.74 Å². The molecular weight excluding hydrogens is 300 g/mol. The quantitative estimate of drug-likeness (QED) is 0.670. The molecule has 0 aromatic carbocycles. The van der Waals surface area contributed by atoms with E-state index >= 15 is 0 Å². The normalized spacial score (nSPS) is 19.0. The highest BCUT2D eigenvalue weighted by Crippen LogP contribution is 2.09. The molecule has 0 N–H and O–H groups in total. The highest BCUT2D eigenvalue weighted by molar-refractivity contribution is 7.88. The number of hydrogen-bond acceptors (Lipinski definition) is 4. The third-order valence-electron chi connectivity index (χ3n) is 3.33. The van der Waals surface area contributed by atoms with Crippen LogP contribution in [0.1, 0.15) is 53.9 Å². The first-order valence-corrected chi connectivity index (χ1v) is 10.5. The van der Waals surface area contributed by atoms with Crippen molar-refractivity contribution in [2.45, 2.75) is 60.0 Å². The average molecular weight is 339 g/mol. The lowest BCUT2D eigenvalue weighted by Gasteiger charge is -2.34. The Morgan fingerprint density at radius 2 is 1.77 bits per heavy atom. The summed E-state index contributed by atoms with van der Waals surface area (Å²) in [5.74, 6) is 0. The summed E-state index contributed by atoms with van der Waals surface area (Å²) in [6, 6.07) is 0. The maximum atomic E-state index is 11.4. The zero-order chi connectivity index (χ0) is 17.6. The van der Waals surface area contributed by atoms with E-state index in [2.05, 4.69) is 11.8 Å². The van der Waals surface area contributed by atoms with Crippen LogP contribution in [0.4, 0.5) is 0 Å². The summed E-state index contributed by atoms with van der Waals surface area (Å²) in [5, 5.41) is 0. The topological polar surface area (TPSA) is 49.9 Å². The van der Waals surface area contributed by atoms with Crippen LogP contribution >= 0.6 is 0 Å². The molecule has 0 aromatic rings. The van der Waals surface area contributed by atoms with E-state index in [9.17, 15) is 8.42 Å². The molecule has 5 nitrogen and oxygen atoms in total. The van der Waals surface area contributed by atoms with E-state index in [1.165, 1.54) is 29.8 Å². The highest BCUT2D eigenvalue weighted by atomic mass is 32.2. The van der Waals surface area contributed by atoms with Crippen LogP contribution in [0.3, 0.4) is 0 Å². The molecule has 0 amide bonds. The van der Waals surface area contributed by atoms with Gasteiger partial charge in [-0.25, -0.2) is 12.7 Å². The molecule has 22 heavy (non-hydrogen) atoms. The highest BCUT2D eigenvalue weighted by Gasteiger charge is 2.23. The Bertz CT molecular complexity index is 334. The number of hydrogen-bond donors (Lipinski definition) is 0. The van der Waals surface area contributed by atoms with E-state index in [0.717, 1.165) is 19.6 Å². The SMILES string of the molecule is CC.CC.CCCCCN1CCOC(CN(C)S(C)(=O)=O)C1. The minimum absolute atomic E-state index is 0.0000940. The van der Waals surface area contributed by atoms with E-state index in [-0.39, 0.29) is 6.10 Å². The van der Waals surface area contributed by atoms with Gasteiger partial charge in [0.05, 0.1) is 19.0 Å². The first kappa shape index (κ1) is 24.1. The van der Waals surface area contributed by atoms with E-state index in [1.54, 1.807) is 7.05 Å². The van der Waals surface area contributed by atoms with Crippen molar-refractivity contribution in [3.05, 3.63) is 0 Å². The number of rotatable bonds is 7. The summed E-state index contributed by atoms with van der Waals surface area (Å²) in [5.41, 5.74) is 0. The predicted molar refractivity (Wildman–Crippen MR) is 95.9 cm³/mol. The van der Waals surface area contributed by atoms with Gasteiger partial charge in [0.25, 0.3) is 0 Å². The Labute approximate surface area is 139 Å². The molecule has 0 radical (unpaired) electrons. The third-order valence-corrected chi connectivity index (χ3v) is 4.61. The van der Waals surface area contributed by atoms with Crippen LogP contribution in [-0.4, -0.2) is 69.8 Å². The first-order chi connectivity index (χ1) is 10.4. The maximum absolute atomic E-state index is 11.4. The first-order valence-electron chi connectivity index (χ1n) is 8.68. The standard InChI is InChI=1S/C12H26N2O3S.2C2H6/c1-4-5-6-7-14-8-9-17-12(11-14)10-13(2)18(3,15)16;2*1-2/h12H,4-11H2,1-3H3;2*1-2H3. The van der Waals surface area contributed by atoms with Gasteiger partial charge in [0.2, 0.25) is 10.0 Å². The van der Waals surface area contributed by atoms with Gasteiger partial charge in [-0.15, -0.1) is 0 Å². The van der Waals surface area contributed by atoms with Crippen molar-refractivity contribution >= 4 is 10.0 Å². The van der Waals surface area contributed by atoms with Gasteiger partial charge in [0.1, 0.15) is 0 Å². The second-order valence-corrected chi connectivity index (χ2v) is 7.13. The Hall–Kier alpha value is -0.170. The van der Waals surface area contributed by atoms with Crippen molar-refractivity contribution in [3.8, 4) is 0 Å². The molecule has 1 aliphatic rings. The Morgan fingerprint density at radius 1 is 1.18 bits per heavy atom. The minimum atomic E-state index is -3.11. The van der Waals surface area contributed by atoms with Crippen LogP contribution in [0.5, 0.6) is 0 Å². The van der Waals surface area contributed by atoms with Gasteiger partial charge in [0, 0.05) is 26.7 Å². The third kappa shape index (κ3) is 11.4. The van der Waals surface area contributed by atoms with Crippen molar-refractivity contribution in [2.24, 2.45) is 0 Å². The van der Waals surface area contributed by atoms with Gasteiger partial charge in [-0.2, -0.15) is 0 Å². The predicted octanol–water partition coefficient (Wildman–Crippen LogP) is 2.82. The average Bonchev–Trinajstić information content (AvgIpc) is 2.51. The molecule has 0 bridgehead atoms. The molecule has 1 fully saturated rings. The van der Waals surface area contributed by atoms with Crippen LogP contribution in [0.15, 0.2) is 0 Å². The van der Waals surface area contributed by atoms with Gasteiger partial charge in [-0.05, 0) is 13.0 Å². The monoisotopic (exact) mass is 338 g/mol. The molecule has 1 heterocycles. The van der Waals surface area contributed by atoms with Crippen molar-refractivity contribution < 1.29 is 13.2 Å². The van der Waals surface area contributed by atoms with Crippen LogP contribution < -0.4 is 0 Å². The lowest BCUT2D eigenvalue weighted by Crippen LogP contribution is -2.47. The molecule has 1 atom stereocenters. The lowest BCUT2D eigenvalue weighted by molar-refractivity contribution is -0.0336. The molecule has 6 heteroatoms. The summed E-state index contributed by atoms with van der Waals surface area (Å²) in [6.07, 6.45) is 4.93. The second kappa shape index (κ2) is 14.4. The van der Waals surface area contributed by atoms with E-state index in [1.807, 2.05) is 27.7 Å². The molecule has 1 aliphatic heterocycles. The zero-order valence-corrected chi connectivity index (χ0v) is 16.6. The maximum Gasteiger partial charge on any atom is 0.211 e. The van der Waals surface area contributed by atoms with Crippen LogP contribution in [0, 0.1) is 0 Å². The number of ether oxygens (including phenoxy) is 1. The number of nitrogens with zero attached hydrogens (tertiary/aromatic N) is 2. The van der Waals surface area contributed by atoms with Crippen LogP contribution in [0.25, 0.3) is 0 Å². The molecule has 0 saturated carbocycles. The minimum Gasteiger partial charge on any atom is -0.374 e. The fraction of sp³-hybridized carbons (Fsp3) is 1.00.